The molecule has 1 heterocycles. The maximum atomic E-state index is 12.2. The topological polar surface area (TPSA) is 38.0 Å². The number of aliphatic hydroxyl groups is 1. The van der Waals surface area contributed by atoms with Gasteiger partial charge in [-0.1, -0.05) is 18.5 Å². The molecule has 1 aromatic heterocycles. The Morgan fingerprint density at radius 3 is 2.79 bits per heavy atom. The molecule has 80 valence electrons. The number of aromatic nitrogens is 2. The Labute approximate surface area is 85.3 Å². The first-order valence-electron chi connectivity index (χ1n) is 4.25. The van der Waals surface area contributed by atoms with Gasteiger partial charge in [0.05, 0.1) is 16.9 Å². The number of nitrogens with zero attached hydrogens (tertiary/aromatic N) is 2. The minimum atomic E-state index is -2.85. The minimum absolute atomic E-state index is 0.0106. The van der Waals surface area contributed by atoms with Crippen molar-refractivity contribution in [3.63, 3.8) is 0 Å². The SMILES string of the molecule is CCCn1ncc(Cl)c1C(O)C(F)F. The summed E-state index contributed by atoms with van der Waals surface area (Å²) in [6.45, 7) is 2.35. The smallest absolute Gasteiger partial charge is 0.269 e. The van der Waals surface area contributed by atoms with Gasteiger partial charge in [-0.3, -0.25) is 4.68 Å². The third-order valence-electron chi connectivity index (χ3n) is 1.79. The third-order valence-corrected chi connectivity index (χ3v) is 2.08. The fourth-order valence-electron chi connectivity index (χ4n) is 1.18. The summed E-state index contributed by atoms with van der Waals surface area (Å²) in [7, 11) is 0. The summed E-state index contributed by atoms with van der Waals surface area (Å²) >= 11 is 5.64. The second-order valence-corrected chi connectivity index (χ2v) is 3.29. The first kappa shape index (κ1) is 11.4. The average molecular weight is 225 g/mol. The highest BCUT2D eigenvalue weighted by atomic mass is 35.5. The molecule has 1 atom stereocenters. The van der Waals surface area contributed by atoms with Crippen LogP contribution in [0, 0.1) is 0 Å². The molecule has 1 unspecified atom stereocenters. The van der Waals surface area contributed by atoms with E-state index in [0.29, 0.717) is 6.54 Å². The maximum absolute atomic E-state index is 12.2. The Bertz CT molecular complexity index is 304. The maximum Gasteiger partial charge on any atom is 0.269 e. The number of aryl methyl sites for hydroxylation is 1. The third kappa shape index (κ3) is 2.22. The fourth-order valence-corrected chi connectivity index (χ4v) is 1.43. The van der Waals surface area contributed by atoms with Crippen molar-refractivity contribution in [1.82, 2.24) is 9.78 Å². The van der Waals surface area contributed by atoms with E-state index in [9.17, 15) is 13.9 Å². The highest BCUT2D eigenvalue weighted by Gasteiger charge is 2.25. The van der Waals surface area contributed by atoms with Crippen molar-refractivity contribution in [3.8, 4) is 0 Å². The summed E-state index contributed by atoms with van der Waals surface area (Å²) in [5.74, 6) is 0. The summed E-state index contributed by atoms with van der Waals surface area (Å²) in [5, 5.41) is 13.1. The van der Waals surface area contributed by atoms with Crippen molar-refractivity contribution in [1.29, 1.82) is 0 Å². The molecule has 0 aliphatic heterocycles. The van der Waals surface area contributed by atoms with E-state index in [1.54, 1.807) is 0 Å². The van der Waals surface area contributed by atoms with Gasteiger partial charge in [0, 0.05) is 6.54 Å². The molecule has 0 amide bonds. The van der Waals surface area contributed by atoms with E-state index >= 15 is 0 Å². The van der Waals surface area contributed by atoms with Crippen molar-refractivity contribution < 1.29 is 13.9 Å². The molecule has 0 aliphatic rings. The fraction of sp³-hybridized carbons (Fsp3) is 0.625. The van der Waals surface area contributed by atoms with Gasteiger partial charge in [-0.05, 0) is 6.42 Å². The van der Waals surface area contributed by atoms with E-state index < -0.39 is 12.5 Å². The molecule has 1 N–H and O–H groups in total. The molecule has 0 fully saturated rings. The second kappa shape index (κ2) is 4.70. The van der Waals surface area contributed by atoms with Gasteiger partial charge < -0.3 is 5.11 Å². The van der Waals surface area contributed by atoms with Crippen LogP contribution in [-0.4, -0.2) is 21.3 Å². The molecule has 0 radical (unpaired) electrons. The Balaban J connectivity index is 2.97. The Kier molecular flexibility index (Phi) is 3.83. The number of hydrogen-bond donors (Lipinski definition) is 1. The zero-order valence-electron chi connectivity index (χ0n) is 7.62. The molecule has 1 rings (SSSR count). The quantitative estimate of drug-likeness (QED) is 0.852. The Morgan fingerprint density at radius 1 is 1.64 bits per heavy atom. The Morgan fingerprint density at radius 2 is 2.29 bits per heavy atom. The highest BCUT2D eigenvalue weighted by Crippen LogP contribution is 2.27. The van der Waals surface area contributed by atoms with Crippen LogP contribution in [0.5, 0.6) is 0 Å². The molecule has 1 aromatic rings. The lowest BCUT2D eigenvalue weighted by molar-refractivity contribution is -0.0108. The number of alkyl halides is 2. The van der Waals surface area contributed by atoms with Crippen molar-refractivity contribution in [2.45, 2.75) is 32.4 Å². The average Bonchev–Trinajstić information content (AvgIpc) is 2.47. The monoisotopic (exact) mass is 224 g/mol. The summed E-state index contributed by atoms with van der Waals surface area (Å²) in [6, 6.07) is 0. The highest BCUT2D eigenvalue weighted by molar-refractivity contribution is 6.31. The van der Waals surface area contributed by atoms with Crippen molar-refractivity contribution >= 4 is 11.6 Å². The summed E-state index contributed by atoms with van der Waals surface area (Å²) in [5.41, 5.74) is -0.0106. The molecule has 3 nitrogen and oxygen atoms in total. The number of aliphatic hydroxyl groups excluding tert-OH is 1. The van der Waals surface area contributed by atoms with E-state index in [0.717, 1.165) is 6.42 Å². The largest absolute Gasteiger partial charge is 0.381 e. The number of rotatable bonds is 4. The van der Waals surface area contributed by atoms with E-state index in [1.807, 2.05) is 6.92 Å². The number of hydrogen-bond acceptors (Lipinski definition) is 2. The standard InChI is InChI=1S/C8H11ClF2N2O/c1-2-3-13-6(5(9)4-12-13)7(14)8(10)11/h4,7-8,14H,2-3H2,1H3. The first-order valence-corrected chi connectivity index (χ1v) is 4.63. The molecular formula is C8H11ClF2N2O. The molecule has 0 bridgehead atoms. The summed E-state index contributed by atoms with van der Waals surface area (Å²) in [6.07, 6.45) is -2.71. The van der Waals surface area contributed by atoms with Crippen LogP contribution >= 0.6 is 11.6 Å². The van der Waals surface area contributed by atoms with Crippen molar-refractivity contribution in [3.05, 3.63) is 16.9 Å². The van der Waals surface area contributed by atoms with Gasteiger partial charge in [-0.2, -0.15) is 5.10 Å². The number of halogens is 3. The van der Waals surface area contributed by atoms with Gasteiger partial charge in [0.25, 0.3) is 6.43 Å². The van der Waals surface area contributed by atoms with Crippen LogP contribution in [0.15, 0.2) is 6.20 Å². The predicted molar refractivity (Wildman–Crippen MR) is 48.5 cm³/mol. The first-order chi connectivity index (χ1) is 6.57. The zero-order chi connectivity index (χ0) is 10.7. The van der Waals surface area contributed by atoms with Crippen molar-refractivity contribution in [2.75, 3.05) is 0 Å². The molecule has 0 saturated carbocycles. The lowest BCUT2D eigenvalue weighted by atomic mass is 10.2. The van der Waals surface area contributed by atoms with Gasteiger partial charge in [0.2, 0.25) is 0 Å². The van der Waals surface area contributed by atoms with Gasteiger partial charge in [-0.15, -0.1) is 0 Å². The molecule has 14 heavy (non-hydrogen) atoms. The van der Waals surface area contributed by atoms with Crippen molar-refractivity contribution in [2.24, 2.45) is 0 Å². The van der Waals surface area contributed by atoms with E-state index in [-0.39, 0.29) is 10.7 Å². The van der Waals surface area contributed by atoms with Crippen LogP contribution in [0.1, 0.15) is 25.1 Å². The molecular weight excluding hydrogens is 214 g/mol. The van der Waals surface area contributed by atoms with E-state index in [2.05, 4.69) is 5.10 Å². The summed E-state index contributed by atoms with van der Waals surface area (Å²) in [4.78, 5) is 0. The van der Waals surface area contributed by atoms with Crippen LogP contribution in [0.3, 0.4) is 0 Å². The van der Waals surface area contributed by atoms with Crippen LogP contribution in [0.25, 0.3) is 0 Å². The lowest BCUT2D eigenvalue weighted by Gasteiger charge is -2.12. The van der Waals surface area contributed by atoms with Crippen LogP contribution in [0.4, 0.5) is 8.78 Å². The van der Waals surface area contributed by atoms with Crippen LogP contribution < -0.4 is 0 Å². The van der Waals surface area contributed by atoms with Crippen LogP contribution in [-0.2, 0) is 6.54 Å². The molecule has 6 heteroatoms. The normalized spacial score (nSPS) is 13.6. The predicted octanol–water partition coefficient (Wildman–Crippen LogP) is 2.25. The van der Waals surface area contributed by atoms with Gasteiger partial charge >= 0.3 is 0 Å². The molecule has 0 spiro atoms. The van der Waals surface area contributed by atoms with Gasteiger partial charge in [-0.25, -0.2) is 8.78 Å². The Hall–Kier alpha value is -0.680. The van der Waals surface area contributed by atoms with Gasteiger partial charge in [0.1, 0.15) is 0 Å². The molecule has 0 saturated heterocycles. The van der Waals surface area contributed by atoms with Gasteiger partial charge in [0.15, 0.2) is 6.10 Å². The van der Waals surface area contributed by atoms with E-state index in [1.165, 1.54) is 10.9 Å². The molecule has 0 aliphatic carbocycles. The van der Waals surface area contributed by atoms with E-state index in [4.69, 9.17) is 11.6 Å². The molecule has 0 aromatic carbocycles. The second-order valence-electron chi connectivity index (χ2n) is 2.88. The summed E-state index contributed by atoms with van der Waals surface area (Å²) < 4.78 is 25.8. The van der Waals surface area contributed by atoms with Crippen LogP contribution in [0.2, 0.25) is 5.02 Å². The zero-order valence-corrected chi connectivity index (χ0v) is 8.38. The lowest BCUT2D eigenvalue weighted by Crippen LogP contribution is -2.15. The minimum Gasteiger partial charge on any atom is -0.381 e.